The first kappa shape index (κ1) is 14.2. The predicted octanol–water partition coefficient (Wildman–Crippen LogP) is 3.50. The minimum atomic E-state index is -1.43. The maximum atomic E-state index is 12.8. The fraction of sp³-hybridized carbons (Fsp3) is 0.0625. The summed E-state index contributed by atoms with van der Waals surface area (Å²) in [5, 5.41) is 0.520. The molecular formula is C16H11ClO3S. The Labute approximate surface area is 130 Å². The molecule has 2 aromatic carbocycles. The molecule has 3 rings (SSSR count). The van der Waals surface area contributed by atoms with Crippen molar-refractivity contribution in [3.8, 4) is 5.75 Å². The lowest BCUT2D eigenvalue weighted by molar-refractivity contribution is -0.129. The molecule has 2 aromatic rings. The van der Waals surface area contributed by atoms with Gasteiger partial charge in [0.1, 0.15) is 0 Å². The second kappa shape index (κ2) is 5.56. The smallest absolute Gasteiger partial charge is 0.335 e. The lowest BCUT2D eigenvalue weighted by Crippen LogP contribution is -2.17. The molecule has 0 aliphatic carbocycles. The van der Waals surface area contributed by atoms with Crippen LogP contribution < -0.4 is 4.74 Å². The average Bonchev–Trinajstić information content (AvgIpc) is 2.50. The highest BCUT2D eigenvalue weighted by atomic mass is 35.5. The summed E-state index contributed by atoms with van der Waals surface area (Å²) < 4.78 is 18.0. The minimum Gasteiger partial charge on any atom is -0.606 e. The number of hydrogen-bond acceptors (Lipinski definition) is 3. The molecule has 1 unspecified atom stereocenters. The van der Waals surface area contributed by atoms with E-state index in [1.807, 2.05) is 24.3 Å². The Morgan fingerprint density at radius 2 is 2.10 bits per heavy atom. The standard InChI is InChI=1S/C16H11ClO3S/c1-2-15(18)20-13-8-7-12(17)11-9-10-5-3-4-6-14(10)21(19)16(11)13/h2-8H,1,9H2. The molecule has 0 fully saturated rings. The van der Waals surface area contributed by atoms with Crippen molar-refractivity contribution >= 4 is 28.7 Å². The number of fused-ring (bicyclic) bond motifs is 2. The first-order valence-electron chi connectivity index (χ1n) is 6.27. The van der Waals surface area contributed by atoms with Crippen LogP contribution in [0.4, 0.5) is 0 Å². The molecular weight excluding hydrogens is 308 g/mol. The Morgan fingerprint density at radius 1 is 1.33 bits per heavy atom. The molecule has 1 aliphatic rings. The van der Waals surface area contributed by atoms with Crippen molar-refractivity contribution in [1.82, 2.24) is 0 Å². The van der Waals surface area contributed by atoms with Gasteiger partial charge < -0.3 is 9.29 Å². The molecule has 21 heavy (non-hydrogen) atoms. The fourth-order valence-corrected chi connectivity index (χ4v) is 4.09. The van der Waals surface area contributed by atoms with Gasteiger partial charge in [-0.3, -0.25) is 0 Å². The molecule has 1 atom stereocenters. The largest absolute Gasteiger partial charge is 0.606 e. The molecule has 106 valence electrons. The normalized spacial score (nSPS) is 15.8. The van der Waals surface area contributed by atoms with Gasteiger partial charge in [0.05, 0.1) is 0 Å². The molecule has 0 saturated heterocycles. The van der Waals surface area contributed by atoms with Gasteiger partial charge in [-0.1, -0.05) is 36.4 Å². The van der Waals surface area contributed by atoms with Crippen molar-refractivity contribution < 1.29 is 14.1 Å². The molecule has 3 nitrogen and oxygen atoms in total. The van der Waals surface area contributed by atoms with E-state index in [2.05, 4.69) is 6.58 Å². The van der Waals surface area contributed by atoms with Crippen LogP contribution in [0.1, 0.15) is 11.1 Å². The Bertz CT molecular complexity index is 742. The highest BCUT2D eigenvalue weighted by Crippen LogP contribution is 2.42. The average molecular weight is 319 g/mol. The quantitative estimate of drug-likeness (QED) is 0.368. The summed E-state index contributed by atoms with van der Waals surface area (Å²) in [6.07, 6.45) is 1.64. The van der Waals surface area contributed by atoms with Crippen LogP contribution in [0, 0.1) is 0 Å². The van der Waals surface area contributed by atoms with Crippen LogP contribution >= 0.6 is 11.6 Å². The number of carbonyl (C=O) groups excluding carboxylic acids is 1. The summed E-state index contributed by atoms with van der Waals surface area (Å²) in [5.74, 6) is -0.317. The van der Waals surface area contributed by atoms with Gasteiger partial charge in [0.2, 0.25) is 4.90 Å². The molecule has 0 N–H and O–H groups in total. The van der Waals surface area contributed by atoms with Gasteiger partial charge in [-0.2, -0.15) is 0 Å². The summed E-state index contributed by atoms with van der Waals surface area (Å²) in [6.45, 7) is 3.36. The van der Waals surface area contributed by atoms with Crippen LogP contribution in [0.25, 0.3) is 0 Å². The van der Waals surface area contributed by atoms with Crippen molar-refractivity contribution in [3.05, 3.63) is 65.2 Å². The van der Waals surface area contributed by atoms with Crippen LogP contribution in [0.15, 0.2) is 58.8 Å². The Kier molecular flexibility index (Phi) is 3.76. The number of ether oxygens (including phenoxy) is 1. The van der Waals surface area contributed by atoms with Gasteiger partial charge in [-0.05, 0) is 18.2 Å². The Hall–Kier alpha value is -1.75. The van der Waals surface area contributed by atoms with Crippen molar-refractivity contribution in [1.29, 1.82) is 0 Å². The first-order valence-corrected chi connectivity index (χ1v) is 7.80. The highest BCUT2D eigenvalue weighted by Gasteiger charge is 2.33. The number of hydrogen-bond donors (Lipinski definition) is 0. The fourth-order valence-electron chi connectivity index (χ4n) is 2.31. The van der Waals surface area contributed by atoms with Crippen LogP contribution in [0.5, 0.6) is 5.75 Å². The van der Waals surface area contributed by atoms with E-state index in [9.17, 15) is 9.35 Å². The Morgan fingerprint density at radius 3 is 2.86 bits per heavy atom. The monoisotopic (exact) mass is 318 g/mol. The Balaban J connectivity index is 2.15. The first-order chi connectivity index (χ1) is 10.1. The van der Waals surface area contributed by atoms with Gasteiger partial charge >= 0.3 is 5.97 Å². The second-order valence-corrected chi connectivity index (χ2v) is 6.32. The van der Waals surface area contributed by atoms with E-state index in [1.165, 1.54) is 0 Å². The number of carbonyl (C=O) groups is 1. The number of rotatable bonds is 2. The maximum absolute atomic E-state index is 12.8. The van der Waals surface area contributed by atoms with Crippen LogP contribution in [0.3, 0.4) is 0 Å². The van der Waals surface area contributed by atoms with E-state index in [1.54, 1.807) is 12.1 Å². The SMILES string of the molecule is C=CC(=O)Oc1ccc(Cl)c2c1[S+]([O-])c1ccccc1C2. The summed E-state index contributed by atoms with van der Waals surface area (Å²) in [7, 11) is 0. The van der Waals surface area contributed by atoms with Gasteiger partial charge in [0, 0.05) is 39.8 Å². The molecule has 0 radical (unpaired) electrons. The molecule has 0 saturated carbocycles. The number of benzene rings is 2. The third-order valence-electron chi connectivity index (χ3n) is 3.27. The van der Waals surface area contributed by atoms with Crippen molar-refractivity contribution in [3.63, 3.8) is 0 Å². The zero-order chi connectivity index (χ0) is 15.0. The van der Waals surface area contributed by atoms with Gasteiger partial charge in [-0.25, -0.2) is 4.79 Å². The van der Waals surface area contributed by atoms with Crippen molar-refractivity contribution in [2.24, 2.45) is 0 Å². The highest BCUT2D eigenvalue weighted by molar-refractivity contribution is 7.91. The van der Waals surface area contributed by atoms with E-state index >= 15 is 0 Å². The molecule has 0 spiro atoms. The predicted molar refractivity (Wildman–Crippen MR) is 81.2 cm³/mol. The second-order valence-electron chi connectivity index (χ2n) is 4.53. The van der Waals surface area contributed by atoms with E-state index in [-0.39, 0.29) is 5.75 Å². The number of halogens is 1. The van der Waals surface area contributed by atoms with Crippen molar-refractivity contribution in [2.45, 2.75) is 16.2 Å². The lowest BCUT2D eigenvalue weighted by atomic mass is 10.0. The lowest BCUT2D eigenvalue weighted by Gasteiger charge is -2.23. The summed E-state index contributed by atoms with van der Waals surface area (Å²) in [6, 6.07) is 10.7. The maximum Gasteiger partial charge on any atom is 0.335 e. The van der Waals surface area contributed by atoms with Gasteiger partial charge in [0.25, 0.3) is 0 Å². The van der Waals surface area contributed by atoms with Gasteiger partial charge in [-0.15, -0.1) is 0 Å². The van der Waals surface area contributed by atoms with E-state index in [0.717, 1.165) is 22.1 Å². The van der Waals surface area contributed by atoms with Crippen molar-refractivity contribution in [2.75, 3.05) is 0 Å². The molecule has 1 heterocycles. The molecule has 0 bridgehead atoms. The van der Waals surface area contributed by atoms with Crippen LogP contribution in [-0.2, 0) is 22.4 Å². The van der Waals surface area contributed by atoms with Crippen LogP contribution in [-0.4, -0.2) is 10.5 Å². The molecule has 0 aromatic heterocycles. The topological polar surface area (TPSA) is 49.4 Å². The third-order valence-corrected chi connectivity index (χ3v) is 5.24. The molecule has 0 amide bonds. The van der Waals surface area contributed by atoms with E-state index in [0.29, 0.717) is 16.3 Å². The molecule has 5 heteroatoms. The minimum absolute atomic E-state index is 0.270. The summed E-state index contributed by atoms with van der Waals surface area (Å²) in [5.41, 5.74) is 1.71. The summed E-state index contributed by atoms with van der Waals surface area (Å²) >= 11 is 4.80. The molecule has 1 aliphatic heterocycles. The van der Waals surface area contributed by atoms with E-state index < -0.39 is 17.1 Å². The zero-order valence-corrected chi connectivity index (χ0v) is 12.5. The third kappa shape index (κ3) is 2.46. The van der Waals surface area contributed by atoms with Crippen LogP contribution in [0.2, 0.25) is 5.02 Å². The summed E-state index contributed by atoms with van der Waals surface area (Å²) in [4.78, 5) is 12.6. The number of esters is 1. The zero-order valence-electron chi connectivity index (χ0n) is 11.0. The van der Waals surface area contributed by atoms with Gasteiger partial charge in [0.15, 0.2) is 10.6 Å². The van der Waals surface area contributed by atoms with E-state index in [4.69, 9.17) is 16.3 Å².